The van der Waals surface area contributed by atoms with E-state index in [1.165, 1.54) is 44.5 Å². The molecule has 0 atom stereocenters. The summed E-state index contributed by atoms with van der Waals surface area (Å²) in [5.41, 5.74) is 17.5. The van der Waals surface area contributed by atoms with Gasteiger partial charge in [-0.1, -0.05) is 107 Å². The van der Waals surface area contributed by atoms with E-state index in [0.29, 0.717) is 0 Å². The van der Waals surface area contributed by atoms with Gasteiger partial charge in [0.25, 0.3) is 0 Å². The number of hydrogen-bond acceptors (Lipinski definition) is 3. The van der Waals surface area contributed by atoms with Gasteiger partial charge < -0.3 is 13.7 Å². The SMILES string of the molecule is CC1(C)c2ccccc2-c2c1ccc1c2-c2ccc(N(c3ccc4c(c3)oc3ccccc34)c3ccc4c(c3)oc3ccccc34)cc2C1(C)C. The molecule has 2 aromatic heterocycles. The van der Waals surface area contributed by atoms with E-state index in [4.69, 9.17) is 8.83 Å². The molecule has 0 amide bonds. The second-order valence-corrected chi connectivity index (χ2v) is 15.3. The first-order chi connectivity index (χ1) is 24.8. The summed E-state index contributed by atoms with van der Waals surface area (Å²) in [6.45, 7) is 9.49. The molecule has 0 fully saturated rings. The van der Waals surface area contributed by atoms with Crippen LogP contribution in [0.25, 0.3) is 66.1 Å². The van der Waals surface area contributed by atoms with Crippen LogP contribution in [-0.2, 0) is 10.8 Å². The number of fused-ring (bicyclic) bond motifs is 13. The van der Waals surface area contributed by atoms with Crippen molar-refractivity contribution < 1.29 is 8.83 Å². The molecule has 7 aromatic carbocycles. The second kappa shape index (κ2) is 9.80. The van der Waals surface area contributed by atoms with E-state index >= 15 is 0 Å². The molecule has 0 N–H and O–H groups in total. The third-order valence-electron chi connectivity index (χ3n) is 11.9. The standard InChI is InChI=1S/C48H35NO2/c1-47(2)37-14-8-5-13-35(37)45-38(47)23-24-39-46(45)36-22-19-28(25-40(36)48(39,3)4)49(29-17-20-33-31-11-6-9-15-41(31)50-43(33)26-29)30-18-21-34-32-12-7-10-16-42(32)51-44(34)27-30/h5-27H,1-4H3. The lowest BCUT2D eigenvalue weighted by Gasteiger charge is -2.28. The van der Waals surface area contributed by atoms with Crippen LogP contribution >= 0.6 is 0 Å². The lowest BCUT2D eigenvalue weighted by molar-refractivity contribution is 0.651. The molecule has 9 aromatic rings. The number of para-hydroxylation sites is 2. The van der Waals surface area contributed by atoms with Crippen LogP contribution in [0.1, 0.15) is 49.9 Å². The van der Waals surface area contributed by atoms with Gasteiger partial charge in [-0.2, -0.15) is 0 Å². The van der Waals surface area contributed by atoms with Gasteiger partial charge in [-0.15, -0.1) is 0 Å². The van der Waals surface area contributed by atoms with Crippen molar-refractivity contribution in [2.24, 2.45) is 0 Å². The summed E-state index contributed by atoms with van der Waals surface area (Å²) in [7, 11) is 0. The molecule has 0 radical (unpaired) electrons. The number of furan rings is 2. The molecule has 2 heterocycles. The van der Waals surface area contributed by atoms with Gasteiger partial charge in [-0.05, 0) is 93.0 Å². The van der Waals surface area contributed by atoms with E-state index in [0.717, 1.165) is 60.9 Å². The van der Waals surface area contributed by atoms with Gasteiger partial charge in [-0.3, -0.25) is 0 Å². The van der Waals surface area contributed by atoms with Crippen molar-refractivity contribution >= 4 is 60.9 Å². The lowest BCUT2D eigenvalue weighted by atomic mass is 9.79. The number of benzene rings is 7. The molecule has 244 valence electrons. The van der Waals surface area contributed by atoms with Gasteiger partial charge in [-0.25, -0.2) is 0 Å². The monoisotopic (exact) mass is 657 g/mol. The smallest absolute Gasteiger partial charge is 0.137 e. The first kappa shape index (κ1) is 28.7. The maximum Gasteiger partial charge on any atom is 0.137 e. The first-order valence-corrected chi connectivity index (χ1v) is 17.8. The molecule has 0 saturated heterocycles. The highest BCUT2D eigenvalue weighted by molar-refractivity contribution is 6.08. The molecule has 2 aliphatic carbocycles. The number of anilines is 3. The summed E-state index contributed by atoms with van der Waals surface area (Å²) < 4.78 is 12.8. The summed E-state index contributed by atoms with van der Waals surface area (Å²) in [6, 6.07) is 50.5. The zero-order valence-corrected chi connectivity index (χ0v) is 29.0. The predicted octanol–water partition coefficient (Wildman–Crippen LogP) is 13.6. The Balaban J connectivity index is 1.14. The minimum Gasteiger partial charge on any atom is -0.456 e. The van der Waals surface area contributed by atoms with Gasteiger partial charge in [0.1, 0.15) is 22.3 Å². The van der Waals surface area contributed by atoms with E-state index in [2.05, 4.69) is 148 Å². The highest BCUT2D eigenvalue weighted by atomic mass is 16.3. The molecule has 11 rings (SSSR count). The molecular formula is C48H35NO2. The van der Waals surface area contributed by atoms with Crippen LogP contribution < -0.4 is 4.90 Å². The van der Waals surface area contributed by atoms with Gasteiger partial charge in [0.2, 0.25) is 0 Å². The maximum absolute atomic E-state index is 6.42. The van der Waals surface area contributed by atoms with Crippen LogP contribution in [0.5, 0.6) is 0 Å². The molecule has 0 unspecified atom stereocenters. The Kier molecular flexibility index (Phi) is 5.52. The molecule has 51 heavy (non-hydrogen) atoms. The van der Waals surface area contributed by atoms with Crippen LogP contribution in [0.15, 0.2) is 148 Å². The molecule has 2 aliphatic rings. The van der Waals surface area contributed by atoms with Gasteiger partial charge >= 0.3 is 0 Å². The molecule has 0 aliphatic heterocycles. The summed E-state index contributed by atoms with van der Waals surface area (Å²) >= 11 is 0. The normalized spacial score (nSPS) is 15.0. The Morgan fingerprint density at radius 2 is 0.824 bits per heavy atom. The fourth-order valence-corrected chi connectivity index (χ4v) is 9.30. The van der Waals surface area contributed by atoms with Crippen LogP contribution in [0.2, 0.25) is 0 Å². The number of rotatable bonds is 3. The minimum atomic E-state index is -0.186. The topological polar surface area (TPSA) is 29.5 Å². The molecular weight excluding hydrogens is 623 g/mol. The van der Waals surface area contributed by atoms with E-state index in [9.17, 15) is 0 Å². The van der Waals surface area contributed by atoms with Crippen molar-refractivity contribution in [1.82, 2.24) is 0 Å². The number of hydrogen-bond donors (Lipinski definition) is 0. The third kappa shape index (κ3) is 3.78. The van der Waals surface area contributed by atoms with Gasteiger partial charge in [0, 0.05) is 61.6 Å². The van der Waals surface area contributed by atoms with Crippen LogP contribution in [0.3, 0.4) is 0 Å². The first-order valence-electron chi connectivity index (χ1n) is 17.8. The van der Waals surface area contributed by atoms with Crippen molar-refractivity contribution in [3.05, 3.63) is 162 Å². The molecule has 3 nitrogen and oxygen atoms in total. The minimum absolute atomic E-state index is 0.0464. The molecule has 0 spiro atoms. The van der Waals surface area contributed by atoms with E-state index < -0.39 is 0 Å². The molecule has 3 heteroatoms. The van der Waals surface area contributed by atoms with Crippen LogP contribution in [0, 0.1) is 0 Å². The summed E-state index contributed by atoms with van der Waals surface area (Å²) in [6.07, 6.45) is 0. The quantitative estimate of drug-likeness (QED) is 0.189. The summed E-state index contributed by atoms with van der Waals surface area (Å²) in [5, 5.41) is 4.49. The van der Waals surface area contributed by atoms with Crippen molar-refractivity contribution in [2.45, 2.75) is 38.5 Å². The van der Waals surface area contributed by atoms with E-state index in [1.54, 1.807) is 0 Å². The Bertz CT molecular complexity index is 2820. The Hall–Kier alpha value is -6.06. The van der Waals surface area contributed by atoms with E-state index in [1.807, 2.05) is 24.3 Å². The fraction of sp³-hybridized carbons (Fsp3) is 0.125. The van der Waals surface area contributed by atoms with Crippen molar-refractivity contribution in [1.29, 1.82) is 0 Å². The zero-order chi connectivity index (χ0) is 34.2. The predicted molar refractivity (Wildman–Crippen MR) is 211 cm³/mol. The second-order valence-electron chi connectivity index (χ2n) is 15.3. The Morgan fingerprint density at radius 1 is 0.373 bits per heavy atom. The highest BCUT2D eigenvalue weighted by Crippen LogP contribution is 2.59. The summed E-state index contributed by atoms with van der Waals surface area (Å²) in [5.74, 6) is 0. The van der Waals surface area contributed by atoms with Gasteiger partial charge in [0.05, 0.1) is 0 Å². The zero-order valence-electron chi connectivity index (χ0n) is 29.0. The number of nitrogens with zero attached hydrogens (tertiary/aromatic N) is 1. The maximum atomic E-state index is 6.42. The Morgan fingerprint density at radius 3 is 1.43 bits per heavy atom. The fourth-order valence-electron chi connectivity index (χ4n) is 9.30. The highest BCUT2D eigenvalue weighted by Gasteiger charge is 2.43. The average Bonchev–Trinajstić information content (AvgIpc) is 3.84. The van der Waals surface area contributed by atoms with Gasteiger partial charge in [0.15, 0.2) is 0 Å². The summed E-state index contributed by atoms with van der Waals surface area (Å²) in [4.78, 5) is 2.35. The van der Waals surface area contributed by atoms with E-state index in [-0.39, 0.29) is 10.8 Å². The van der Waals surface area contributed by atoms with Crippen LogP contribution in [-0.4, -0.2) is 0 Å². The molecule has 0 bridgehead atoms. The molecule has 0 saturated carbocycles. The van der Waals surface area contributed by atoms with Crippen molar-refractivity contribution in [3.8, 4) is 22.3 Å². The average molecular weight is 658 g/mol. The van der Waals surface area contributed by atoms with Crippen molar-refractivity contribution in [3.63, 3.8) is 0 Å². The van der Waals surface area contributed by atoms with Crippen LogP contribution in [0.4, 0.5) is 17.1 Å². The Labute approximate surface area is 296 Å². The largest absolute Gasteiger partial charge is 0.456 e. The van der Waals surface area contributed by atoms with Crippen molar-refractivity contribution in [2.75, 3.05) is 4.90 Å². The third-order valence-corrected chi connectivity index (χ3v) is 11.9. The lowest BCUT2D eigenvalue weighted by Crippen LogP contribution is -2.17.